The van der Waals surface area contributed by atoms with Gasteiger partial charge in [-0.3, -0.25) is 9.00 Å². The summed E-state index contributed by atoms with van der Waals surface area (Å²) in [4.78, 5) is 12.1. The summed E-state index contributed by atoms with van der Waals surface area (Å²) in [5, 5.41) is 3.01. The van der Waals surface area contributed by atoms with Crippen LogP contribution in [0.25, 0.3) is 0 Å². The second-order valence-electron chi connectivity index (χ2n) is 5.38. The quantitative estimate of drug-likeness (QED) is 0.739. The summed E-state index contributed by atoms with van der Waals surface area (Å²) < 4.78 is 11.0. The molecule has 3 N–H and O–H groups in total. The molecule has 0 spiro atoms. The Bertz CT molecular complexity index is 297. The van der Waals surface area contributed by atoms with Crippen molar-refractivity contribution in [2.45, 2.75) is 57.5 Å². The Morgan fingerprint density at radius 1 is 1.39 bits per heavy atom. The SMILES string of the molecule is CC(CCS(C)=O)NC(=O)C1CCCCCC1N. The molecule has 4 atom stereocenters. The van der Waals surface area contributed by atoms with Crippen molar-refractivity contribution in [1.82, 2.24) is 5.32 Å². The normalized spacial score (nSPS) is 28.2. The highest BCUT2D eigenvalue weighted by molar-refractivity contribution is 7.84. The summed E-state index contributed by atoms with van der Waals surface area (Å²) in [5.74, 6) is 0.680. The standard InChI is InChI=1S/C13H26N2O2S/c1-10(8-9-18(2)17)15-13(16)11-6-4-3-5-7-12(11)14/h10-12H,3-9,14H2,1-2H3,(H,15,16). The van der Waals surface area contributed by atoms with Crippen molar-refractivity contribution >= 4 is 16.7 Å². The maximum atomic E-state index is 12.1. The van der Waals surface area contributed by atoms with Gasteiger partial charge in [-0.1, -0.05) is 19.3 Å². The van der Waals surface area contributed by atoms with Crippen molar-refractivity contribution in [3.8, 4) is 0 Å². The highest BCUT2D eigenvalue weighted by atomic mass is 32.2. The van der Waals surface area contributed by atoms with Crippen molar-refractivity contribution in [3.05, 3.63) is 0 Å². The third kappa shape index (κ3) is 5.48. The van der Waals surface area contributed by atoms with Gasteiger partial charge >= 0.3 is 0 Å². The van der Waals surface area contributed by atoms with E-state index in [1.54, 1.807) is 6.26 Å². The maximum Gasteiger partial charge on any atom is 0.224 e. The monoisotopic (exact) mass is 274 g/mol. The van der Waals surface area contributed by atoms with Crippen LogP contribution < -0.4 is 11.1 Å². The molecular formula is C13H26N2O2S. The molecule has 1 fully saturated rings. The number of rotatable bonds is 5. The number of hydrogen-bond donors (Lipinski definition) is 2. The molecule has 0 saturated heterocycles. The van der Waals surface area contributed by atoms with Gasteiger partial charge in [0.15, 0.2) is 0 Å². The molecule has 1 amide bonds. The highest BCUT2D eigenvalue weighted by Crippen LogP contribution is 2.22. The zero-order valence-corrected chi connectivity index (χ0v) is 12.3. The molecule has 0 bridgehead atoms. The van der Waals surface area contributed by atoms with Crippen molar-refractivity contribution in [3.63, 3.8) is 0 Å². The van der Waals surface area contributed by atoms with E-state index in [-0.39, 0.29) is 23.9 Å². The summed E-state index contributed by atoms with van der Waals surface area (Å²) >= 11 is 0. The Morgan fingerprint density at radius 2 is 2.06 bits per heavy atom. The molecule has 0 heterocycles. The van der Waals surface area contributed by atoms with Gasteiger partial charge in [0.05, 0.1) is 5.92 Å². The summed E-state index contributed by atoms with van der Waals surface area (Å²) in [6.07, 6.45) is 7.72. The topological polar surface area (TPSA) is 72.2 Å². The Kier molecular flexibility index (Phi) is 6.86. The van der Waals surface area contributed by atoms with E-state index in [0.717, 1.165) is 32.1 Å². The molecule has 0 radical (unpaired) electrons. The first-order valence-electron chi connectivity index (χ1n) is 6.86. The van der Waals surface area contributed by atoms with Crippen LogP contribution in [-0.4, -0.2) is 34.2 Å². The zero-order valence-electron chi connectivity index (χ0n) is 11.5. The predicted octanol–water partition coefficient (Wildman–Crippen LogP) is 1.17. The van der Waals surface area contributed by atoms with E-state index >= 15 is 0 Å². The van der Waals surface area contributed by atoms with Crippen LogP contribution in [0.1, 0.15) is 45.4 Å². The molecule has 4 nitrogen and oxygen atoms in total. The van der Waals surface area contributed by atoms with Gasteiger partial charge in [-0.25, -0.2) is 0 Å². The molecule has 4 unspecified atom stereocenters. The smallest absolute Gasteiger partial charge is 0.224 e. The molecule has 106 valence electrons. The molecule has 1 aliphatic carbocycles. The number of carbonyl (C=O) groups excluding carboxylic acids is 1. The first-order valence-corrected chi connectivity index (χ1v) is 8.59. The van der Waals surface area contributed by atoms with Crippen LogP contribution >= 0.6 is 0 Å². The third-order valence-electron chi connectivity index (χ3n) is 3.63. The summed E-state index contributed by atoms with van der Waals surface area (Å²) in [7, 11) is -0.791. The lowest BCUT2D eigenvalue weighted by atomic mass is 9.94. The second kappa shape index (κ2) is 7.89. The highest BCUT2D eigenvalue weighted by Gasteiger charge is 2.27. The van der Waals surface area contributed by atoms with E-state index in [0.29, 0.717) is 5.75 Å². The Morgan fingerprint density at radius 3 is 2.72 bits per heavy atom. The van der Waals surface area contributed by atoms with E-state index in [4.69, 9.17) is 5.73 Å². The van der Waals surface area contributed by atoms with Crippen LogP contribution in [0.2, 0.25) is 0 Å². The molecule has 5 heteroatoms. The van der Waals surface area contributed by atoms with Gasteiger partial charge in [0, 0.05) is 34.9 Å². The average molecular weight is 274 g/mol. The number of nitrogens with one attached hydrogen (secondary N) is 1. The zero-order chi connectivity index (χ0) is 13.5. The minimum absolute atomic E-state index is 0.00000656. The van der Waals surface area contributed by atoms with Crippen molar-refractivity contribution < 1.29 is 9.00 Å². The molecule has 0 aromatic rings. The van der Waals surface area contributed by atoms with Gasteiger partial charge in [0.1, 0.15) is 0 Å². The molecule has 1 rings (SSSR count). The van der Waals surface area contributed by atoms with E-state index in [1.165, 1.54) is 6.42 Å². The molecule has 18 heavy (non-hydrogen) atoms. The van der Waals surface area contributed by atoms with Crippen molar-refractivity contribution in [2.24, 2.45) is 11.7 Å². The van der Waals surface area contributed by atoms with Crippen LogP contribution in [-0.2, 0) is 15.6 Å². The lowest BCUT2D eigenvalue weighted by molar-refractivity contribution is -0.126. The Hall–Kier alpha value is -0.420. The first-order chi connectivity index (χ1) is 8.50. The van der Waals surface area contributed by atoms with Crippen LogP contribution in [0.15, 0.2) is 0 Å². The summed E-state index contributed by atoms with van der Waals surface area (Å²) in [6, 6.07) is 0.0804. The van der Waals surface area contributed by atoms with E-state index in [9.17, 15) is 9.00 Å². The average Bonchev–Trinajstić information content (AvgIpc) is 2.51. The molecule has 0 aromatic carbocycles. The molecule has 1 aliphatic rings. The van der Waals surface area contributed by atoms with Crippen LogP contribution in [0.3, 0.4) is 0 Å². The van der Waals surface area contributed by atoms with Gasteiger partial charge in [0.2, 0.25) is 5.91 Å². The van der Waals surface area contributed by atoms with Gasteiger partial charge in [-0.05, 0) is 26.2 Å². The predicted molar refractivity (Wildman–Crippen MR) is 75.7 cm³/mol. The van der Waals surface area contributed by atoms with Gasteiger partial charge in [-0.15, -0.1) is 0 Å². The van der Waals surface area contributed by atoms with E-state index in [2.05, 4.69) is 5.32 Å². The Balaban J connectivity index is 2.40. The largest absolute Gasteiger partial charge is 0.353 e. The number of amides is 1. The van der Waals surface area contributed by atoms with E-state index in [1.807, 2.05) is 6.92 Å². The maximum absolute atomic E-state index is 12.1. The van der Waals surface area contributed by atoms with Crippen LogP contribution in [0.5, 0.6) is 0 Å². The molecule has 0 aliphatic heterocycles. The van der Waals surface area contributed by atoms with Gasteiger partial charge in [-0.2, -0.15) is 0 Å². The van der Waals surface area contributed by atoms with E-state index < -0.39 is 10.8 Å². The fourth-order valence-electron chi connectivity index (χ4n) is 2.43. The lowest BCUT2D eigenvalue weighted by Crippen LogP contribution is -2.44. The molecule has 0 aromatic heterocycles. The fourth-order valence-corrected chi connectivity index (χ4v) is 3.11. The fraction of sp³-hybridized carbons (Fsp3) is 0.923. The first kappa shape index (κ1) is 15.6. The second-order valence-corrected chi connectivity index (χ2v) is 6.94. The molecular weight excluding hydrogens is 248 g/mol. The van der Waals surface area contributed by atoms with Crippen molar-refractivity contribution in [1.29, 1.82) is 0 Å². The number of carbonyl (C=O) groups is 1. The van der Waals surface area contributed by atoms with Crippen molar-refractivity contribution in [2.75, 3.05) is 12.0 Å². The minimum Gasteiger partial charge on any atom is -0.353 e. The number of nitrogens with two attached hydrogens (primary N) is 1. The van der Waals surface area contributed by atoms with Crippen LogP contribution in [0.4, 0.5) is 0 Å². The van der Waals surface area contributed by atoms with Gasteiger partial charge in [0.25, 0.3) is 0 Å². The summed E-state index contributed by atoms with van der Waals surface area (Å²) in [6.45, 7) is 1.97. The lowest BCUT2D eigenvalue weighted by Gasteiger charge is -2.23. The molecule has 1 saturated carbocycles. The Labute approximate surface area is 113 Å². The van der Waals surface area contributed by atoms with Gasteiger partial charge < -0.3 is 11.1 Å². The third-order valence-corrected chi connectivity index (χ3v) is 4.44. The summed E-state index contributed by atoms with van der Waals surface area (Å²) in [5.41, 5.74) is 6.07. The number of hydrogen-bond acceptors (Lipinski definition) is 3. The van der Waals surface area contributed by atoms with Crippen LogP contribution in [0, 0.1) is 5.92 Å². The minimum atomic E-state index is -0.791.